The number of aliphatic hydroxyl groups excluding tert-OH is 2. The van der Waals surface area contributed by atoms with E-state index in [0.29, 0.717) is 12.8 Å². The minimum Gasteiger partial charge on any atom is -0.394 e. The van der Waals surface area contributed by atoms with Gasteiger partial charge in [-0.25, -0.2) is 0 Å². The van der Waals surface area contributed by atoms with Crippen LogP contribution in [-0.2, 0) is 4.79 Å². The molecule has 2 unspecified atom stereocenters. The topological polar surface area (TPSA) is 69.6 Å². The number of hydrogen-bond donors (Lipinski definition) is 3. The number of amides is 1. The van der Waals surface area contributed by atoms with E-state index in [1.54, 1.807) is 0 Å². The highest BCUT2D eigenvalue weighted by atomic mass is 16.3. The highest BCUT2D eigenvalue weighted by Crippen LogP contribution is 2.15. The highest BCUT2D eigenvalue weighted by molar-refractivity contribution is 5.76. The van der Waals surface area contributed by atoms with Crippen molar-refractivity contribution in [2.24, 2.45) is 0 Å². The van der Waals surface area contributed by atoms with Gasteiger partial charge in [0.1, 0.15) is 0 Å². The lowest BCUT2D eigenvalue weighted by Crippen LogP contribution is -2.45. The van der Waals surface area contributed by atoms with Crippen molar-refractivity contribution >= 4 is 5.91 Å². The molecule has 0 saturated heterocycles. The Morgan fingerprint density at radius 1 is 0.541 bits per heavy atom. The Morgan fingerprint density at radius 3 is 1.22 bits per heavy atom. The fourth-order valence-electron chi connectivity index (χ4n) is 5.24. The molecule has 3 N–H and O–H groups in total. The largest absolute Gasteiger partial charge is 0.394 e. The number of carbonyl (C=O) groups excluding carboxylic acids is 1. The molecule has 0 saturated carbocycles. The summed E-state index contributed by atoms with van der Waals surface area (Å²) in [4.78, 5) is 12.3. The average molecular weight is 526 g/mol. The van der Waals surface area contributed by atoms with E-state index in [1.165, 1.54) is 135 Å². The van der Waals surface area contributed by atoms with E-state index in [0.717, 1.165) is 25.7 Å². The number of aliphatic hydroxyl groups is 2. The molecule has 0 spiro atoms. The molecule has 0 radical (unpaired) electrons. The normalized spacial score (nSPS) is 13.1. The molecule has 0 aromatic carbocycles. The van der Waals surface area contributed by atoms with Gasteiger partial charge in [0.25, 0.3) is 0 Å². The van der Waals surface area contributed by atoms with Crippen LogP contribution in [-0.4, -0.2) is 34.9 Å². The Morgan fingerprint density at radius 2 is 0.865 bits per heavy atom. The van der Waals surface area contributed by atoms with Crippen LogP contribution in [0.5, 0.6) is 0 Å². The molecule has 2 atom stereocenters. The molecule has 0 aromatic heterocycles. The summed E-state index contributed by atoms with van der Waals surface area (Å²) < 4.78 is 0. The van der Waals surface area contributed by atoms with E-state index in [1.807, 2.05) is 0 Å². The third kappa shape index (κ3) is 26.8. The molecule has 1 amide bonds. The number of carbonyl (C=O) groups is 1. The minimum atomic E-state index is -0.649. The van der Waals surface area contributed by atoms with Crippen molar-refractivity contribution in [3.05, 3.63) is 0 Å². The predicted molar refractivity (Wildman–Crippen MR) is 161 cm³/mol. The molecule has 0 rings (SSSR count). The van der Waals surface area contributed by atoms with E-state index in [9.17, 15) is 15.0 Å². The van der Waals surface area contributed by atoms with Crippen molar-refractivity contribution in [1.82, 2.24) is 5.32 Å². The Balaban J connectivity index is 3.52. The van der Waals surface area contributed by atoms with Crippen LogP contribution in [0, 0.1) is 0 Å². The molecule has 0 aromatic rings. The lowest BCUT2D eigenvalue weighted by molar-refractivity contribution is -0.123. The third-order valence-electron chi connectivity index (χ3n) is 7.87. The molecule has 222 valence electrons. The molecule has 4 nitrogen and oxygen atoms in total. The lowest BCUT2D eigenvalue weighted by atomic mass is 10.0. The van der Waals surface area contributed by atoms with Crippen LogP contribution in [0.2, 0.25) is 0 Å². The Kier molecular flexibility index (Phi) is 29.4. The molecule has 0 aliphatic heterocycles. The SMILES string of the molecule is CCCCCCCCCCCCCCCCCCC(=O)NC(CO)C(O)CCCCCCCCCCC. The number of rotatable bonds is 30. The van der Waals surface area contributed by atoms with Crippen molar-refractivity contribution < 1.29 is 15.0 Å². The van der Waals surface area contributed by atoms with Gasteiger partial charge in [-0.2, -0.15) is 0 Å². The average Bonchev–Trinajstić information content (AvgIpc) is 2.90. The van der Waals surface area contributed by atoms with Crippen molar-refractivity contribution in [3.8, 4) is 0 Å². The van der Waals surface area contributed by atoms with Gasteiger partial charge in [-0.1, -0.05) is 168 Å². The molecular formula is C33H67NO3. The van der Waals surface area contributed by atoms with E-state index < -0.39 is 12.1 Å². The van der Waals surface area contributed by atoms with Crippen LogP contribution in [0.25, 0.3) is 0 Å². The van der Waals surface area contributed by atoms with Gasteiger partial charge in [-0.3, -0.25) is 4.79 Å². The Hall–Kier alpha value is -0.610. The maximum absolute atomic E-state index is 12.3. The van der Waals surface area contributed by atoms with Gasteiger partial charge >= 0.3 is 0 Å². The zero-order valence-corrected chi connectivity index (χ0v) is 25.3. The summed E-state index contributed by atoms with van der Waals surface area (Å²) in [5, 5.41) is 22.9. The van der Waals surface area contributed by atoms with Gasteiger partial charge in [-0.05, 0) is 12.8 Å². The summed E-state index contributed by atoms with van der Waals surface area (Å²) in [5.74, 6) is -0.0319. The summed E-state index contributed by atoms with van der Waals surface area (Å²) >= 11 is 0. The fraction of sp³-hybridized carbons (Fsp3) is 0.970. The second-order valence-corrected chi connectivity index (χ2v) is 11.6. The van der Waals surface area contributed by atoms with Crippen molar-refractivity contribution in [3.63, 3.8) is 0 Å². The van der Waals surface area contributed by atoms with E-state index in [4.69, 9.17) is 0 Å². The van der Waals surface area contributed by atoms with Crippen molar-refractivity contribution in [2.75, 3.05) is 6.61 Å². The first-order chi connectivity index (χ1) is 18.2. The number of unbranched alkanes of at least 4 members (excludes halogenated alkanes) is 23. The van der Waals surface area contributed by atoms with Gasteiger partial charge in [0.05, 0.1) is 18.8 Å². The van der Waals surface area contributed by atoms with Crippen molar-refractivity contribution in [2.45, 2.75) is 199 Å². The Bertz CT molecular complexity index is 457. The zero-order valence-electron chi connectivity index (χ0n) is 25.3. The van der Waals surface area contributed by atoms with Gasteiger partial charge in [0.15, 0.2) is 0 Å². The van der Waals surface area contributed by atoms with Gasteiger partial charge in [0.2, 0.25) is 5.91 Å². The van der Waals surface area contributed by atoms with Crippen LogP contribution >= 0.6 is 0 Å². The van der Waals surface area contributed by atoms with E-state index in [-0.39, 0.29) is 12.5 Å². The quantitative estimate of drug-likeness (QED) is 0.0818. The first kappa shape index (κ1) is 36.4. The van der Waals surface area contributed by atoms with Crippen LogP contribution in [0.3, 0.4) is 0 Å². The fourth-order valence-corrected chi connectivity index (χ4v) is 5.24. The van der Waals surface area contributed by atoms with Crippen LogP contribution in [0.1, 0.15) is 187 Å². The number of nitrogens with one attached hydrogen (secondary N) is 1. The molecule has 0 aliphatic rings. The predicted octanol–water partition coefficient (Wildman–Crippen LogP) is 9.40. The van der Waals surface area contributed by atoms with E-state index in [2.05, 4.69) is 19.2 Å². The van der Waals surface area contributed by atoms with Crippen molar-refractivity contribution in [1.29, 1.82) is 0 Å². The highest BCUT2D eigenvalue weighted by Gasteiger charge is 2.19. The lowest BCUT2D eigenvalue weighted by Gasteiger charge is -2.22. The molecule has 0 fully saturated rings. The first-order valence-electron chi connectivity index (χ1n) is 16.7. The molecule has 0 aliphatic carbocycles. The third-order valence-corrected chi connectivity index (χ3v) is 7.87. The molecular weight excluding hydrogens is 458 g/mol. The van der Waals surface area contributed by atoms with E-state index >= 15 is 0 Å². The van der Waals surface area contributed by atoms with Crippen LogP contribution in [0.15, 0.2) is 0 Å². The van der Waals surface area contributed by atoms with Gasteiger partial charge in [0, 0.05) is 6.42 Å². The molecule has 4 heteroatoms. The summed E-state index contributed by atoms with van der Waals surface area (Å²) in [6, 6.07) is -0.525. The maximum atomic E-state index is 12.3. The minimum absolute atomic E-state index is 0.0319. The molecule has 0 bridgehead atoms. The maximum Gasteiger partial charge on any atom is 0.220 e. The monoisotopic (exact) mass is 526 g/mol. The summed E-state index contributed by atoms with van der Waals surface area (Å²) in [6.07, 6.45) is 32.9. The van der Waals surface area contributed by atoms with Crippen LogP contribution in [0.4, 0.5) is 0 Å². The smallest absolute Gasteiger partial charge is 0.220 e. The molecule has 37 heavy (non-hydrogen) atoms. The Labute approximate surface area is 232 Å². The second kappa shape index (κ2) is 29.9. The summed E-state index contributed by atoms with van der Waals surface area (Å²) in [5.41, 5.74) is 0. The first-order valence-corrected chi connectivity index (χ1v) is 16.7. The standard InChI is InChI=1S/C33H67NO3/c1-3-5-7-9-11-13-14-15-16-17-18-19-21-23-25-27-29-33(37)34-31(30-35)32(36)28-26-24-22-20-12-10-8-6-4-2/h31-32,35-36H,3-30H2,1-2H3,(H,34,37). The van der Waals surface area contributed by atoms with Gasteiger partial charge < -0.3 is 15.5 Å². The number of hydrogen-bond acceptors (Lipinski definition) is 3. The second-order valence-electron chi connectivity index (χ2n) is 11.6. The van der Waals surface area contributed by atoms with Gasteiger partial charge in [-0.15, -0.1) is 0 Å². The molecule has 0 heterocycles. The van der Waals surface area contributed by atoms with Crippen LogP contribution < -0.4 is 5.32 Å². The summed E-state index contributed by atoms with van der Waals surface area (Å²) in [6.45, 7) is 4.33. The summed E-state index contributed by atoms with van der Waals surface area (Å²) in [7, 11) is 0. The zero-order chi connectivity index (χ0) is 27.2.